The van der Waals surface area contributed by atoms with Gasteiger partial charge in [0.25, 0.3) is 5.91 Å². The van der Waals surface area contributed by atoms with Crippen LogP contribution in [0.4, 0.5) is 16.0 Å². The normalized spacial score (nSPS) is 12.2. The molecular formula is C20H20FN7O3S. The average molecular weight is 457 g/mol. The molecule has 0 radical (unpaired) electrons. The number of carbonyl (C=O) groups is 1. The number of hydrogen-bond donors (Lipinski definition) is 3. The Morgan fingerprint density at radius 2 is 2.09 bits per heavy atom. The van der Waals surface area contributed by atoms with Crippen LogP contribution in [0.1, 0.15) is 34.6 Å². The number of carbonyl (C=O) groups excluding carboxylic acids is 1. The average Bonchev–Trinajstić information content (AvgIpc) is 2.72. The zero-order valence-electron chi connectivity index (χ0n) is 17.3. The first-order chi connectivity index (χ1) is 15.1. The summed E-state index contributed by atoms with van der Waals surface area (Å²) in [5.41, 5.74) is 6.10. The number of nitrogens with zero attached hydrogens (tertiary/aromatic N) is 4. The minimum atomic E-state index is -3.27. The Balaban J connectivity index is 2.02. The molecule has 1 aromatic carbocycles. The highest BCUT2D eigenvalue weighted by atomic mass is 32.2. The lowest BCUT2D eigenvalue weighted by Gasteiger charge is -2.19. The van der Waals surface area contributed by atoms with Crippen LogP contribution in [0.15, 0.2) is 30.6 Å². The fraction of sp³-hybridized carbons (Fsp3) is 0.250. The standard InChI is InChI=1S/C20H20FN7O3S/c1-11(27-19-14(9-22)18(23)25-10-26-19)16-13(20(29)24-6-7-32(2,30)31)8-12-4-3-5-15(21)17(12)28-16/h3-5,8,10-11H,6-7H2,1-2H3,(H,24,29)(H3,23,25,26,27). The van der Waals surface area contributed by atoms with Crippen molar-refractivity contribution in [3.63, 3.8) is 0 Å². The summed E-state index contributed by atoms with van der Waals surface area (Å²) >= 11 is 0. The van der Waals surface area contributed by atoms with Crippen LogP contribution in [0.2, 0.25) is 0 Å². The lowest BCUT2D eigenvalue weighted by molar-refractivity contribution is 0.0954. The van der Waals surface area contributed by atoms with E-state index in [0.717, 1.165) is 6.26 Å². The molecule has 0 saturated carbocycles. The summed E-state index contributed by atoms with van der Waals surface area (Å²) in [6.45, 7) is 1.56. The largest absolute Gasteiger partial charge is 0.382 e. The maximum absolute atomic E-state index is 14.4. The van der Waals surface area contributed by atoms with Gasteiger partial charge in [-0.2, -0.15) is 5.26 Å². The van der Waals surface area contributed by atoms with Gasteiger partial charge in [0, 0.05) is 18.2 Å². The molecule has 2 aromatic heterocycles. The number of halogens is 1. The molecule has 0 bridgehead atoms. The number of anilines is 2. The van der Waals surface area contributed by atoms with Gasteiger partial charge in [-0.15, -0.1) is 0 Å². The van der Waals surface area contributed by atoms with Gasteiger partial charge < -0.3 is 16.4 Å². The monoisotopic (exact) mass is 457 g/mol. The SMILES string of the molecule is CC(Nc1ncnc(N)c1C#N)c1nc2c(F)cccc2cc1C(=O)NCCS(C)(=O)=O. The van der Waals surface area contributed by atoms with Gasteiger partial charge >= 0.3 is 0 Å². The van der Waals surface area contributed by atoms with E-state index in [0.29, 0.717) is 5.39 Å². The number of nitrogens with one attached hydrogen (secondary N) is 2. The van der Waals surface area contributed by atoms with E-state index in [4.69, 9.17) is 5.73 Å². The first-order valence-corrected chi connectivity index (χ1v) is 11.5. The van der Waals surface area contributed by atoms with E-state index in [2.05, 4.69) is 25.6 Å². The number of nitriles is 1. The maximum Gasteiger partial charge on any atom is 0.253 e. The molecule has 12 heteroatoms. The smallest absolute Gasteiger partial charge is 0.253 e. The lowest BCUT2D eigenvalue weighted by Crippen LogP contribution is -2.30. The Hall–Kier alpha value is -3.85. The molecule has 1 unspecified atom stereocenters. The molecule has 3 rings (SSSR count). The molecule has 0 spiro atoms. The molecule has 32 heavy (non-hydrogen) atoms. The number of hydrogen-bond acceptors (Lipinski definition) is 9. The van der Waals surface area contributed by atoms with Crippen LogP contribution in [-0.2, 0) is 9.84 Å². The molecule has 0 saturated heterocycles. The highest BCUT2D eigenvalue weighted by molar-refractivity contribution is 7.90. The summed E-state index contributed by atoms with van der Waals surface area (Å²) < 4.78 is 37.1. The number of aromatic nitrogens is 3. The summed E-state index contributed by atoms with van der Waals surface area (Å²) in [7, 11) is -3.27. The maximum atomic E-state index is 14.4. The highest BCUT2D eigenvalue weighted by Crippen LogP contribution is 2.27. The number of nitrogens with two attached hydrogens (primary N) is 1. The third-order valence-electron chi connectivity index (χ3n) is 4.58. The predicted octanol–water partition coefficient (Wildman–Crippen LogP) is 1.57. The number of sulfone groups is 1. The minimum Gasteiger partial charge on any atom is -0.382 e. The molecule has 3 aromatic rings. The molecule has 0 aliphatic heterocycles. The second-order valence-corrected chi connectivity index (χ2v) is 9.34. The predicted molar refractivity (Wildman–Crippen MR) is 117 cm³/mol. The van der Waals surface area contributed by atoms with Crippen LogP contribution in [0.3, 0.4) is 0 Å². The van der Waals surface area contributed by atoms with Crippen LogP contribution >= 0.6 is 0 Å². The number of pyridine rings is 1. The Morgan fingerprint density at radius 1 is 1.34 bits per heavy atom. The number of para-hydroxylation sites is 1. The quantitative estimate of drug-likeness (QED) is 0.477. The van der Waals surface area contributed by atoms with Gasteiger partial charge in [0.15, 0.2) is 0 Å². The van der Waals surface area contributed by atoms with E-state index in [1.807, 2.05) is 6.07 Å². The zero-order valence-corrected chi connectivity index (χ0v) is 18.1. The molecule has 2 heterocycles. The summed E-state index contributed by atoms with van der Waals surface area (Å²) in [6.07, 6.45) is 2.24. The van der Waals surface area contributed by atoms with Gasteiger partial charge in [-0.25, -0.2) is 27.8 Å². The van der Waals surface area contributed by atoms with Crippen LogP contribution in [0, 0.1) is 17.1 Å². The number of amides is 1. The van der Waals surface area contributed by atoms with Gasteiger partial charge in [-0.3, -0.25) is 4.79 Å². The van der Waals surface area contributed by atoms with Crippen molar-refractivity contribution in [1.29, 1.82) is 5.26 Å². The third kappa shape index (κ3) is 5.06. The number of fused-ring (bicyclic) bond motifs is 1. The number of rotatable bonds is 7. The molecule has 4 N–H and O–H groups in total. The van der Waals surface area contributed by atoms with Crippen LogP contribution < -0.4 is 16.4 Å². The van der Waals surface area contributed by atoms with E-state index in [-0.39, 0.29) is 46.3 Å². The van der Waals surface area contributed by atoms with Gasteiger partial charge in [0.1, 0.15) is 50.8 Å². The van der Waals surface area contributed by atoms with E-state index < -0.39 is 27.6 Å². The molecule has 10 nitrogen and oxygen atoms in total. The van der Waals surface area contributed by atoms with Crippen molar-refractivity contribution >= 4 is 38.3 Å². The fourth-order valence-corrected chi connectivity index (χ4v) is 3.50. The van der Waals surface area contributed by atoms with Crippen molar-refractivity contribution < 1.29 is 17.6 Å². The van der Waals surface area contributed by atoms with E-state index in [1.54, 1.807) is 13.0 Å². The molecule has 0 fully saturated rings. The topological polar surface area (TPSA) is 164 Å². The summed E-state index contributed by atoms with van der Waals surface area (Å²) in [6, 6.07) is 7.05. The molecular weight excluding hydrogens is 437 g/mol. The molecule has 0 aliphatic rings. The number of benzene rings is 1. The van der Waals surface area contributed by atoms with Gasteiger partial charge in [0.05, 0.1) is 23.1 Å². The zero-order chi connectivity index (χ0) is 23.5. The Morgan fingerprint density at radius 3 is 2.78 bits per heavy atom. The second-order valence-electron chi connectivity index (χ2n) is 7.08. The fourth-order valence-electron chi connectivity index (χ4n) is 3.03. The van der Waals surface area contributed by atoms with E-state index in [1.165, 1.54) is 24.5 Å². The third-order valence-corrected chi connectivity index (χ3v) is 5.53. The van der Waals surface area contributed by atoms with Gasteiger partial charge in [-0.1, -0.05) is 12.1 Å². The Kier molecular flexibility index (Phi) is 6.50. The molecule has 0 aliphatic carbocycles. The Labute approximate surface area is 183 Å². The van der Waals surface area contributed by atoms with Crippen LogP contribution in [0.25, 0.3) is 10.9 Å². The first kappa shape index (κ1) is 22.8. The van der Waals surface area contributed by atoms with Crippen LogP contribution in [-0.4, -0.2) is 47.8 Å². The van der Waals surface area contributed by atoms with E-state index in [9.17, 15) is 22.9 Å². The van der Waals surface area contributed by atoms with Gasteiger partial charge in [-0.05, 0) is 19.1 Å². The summed E-state index contributed by atoms with van der Waals surface area (Å²) in [5.74, 6) is -1.26. The van der Waals surface area contributed by atoms with Gasteiger partial charge in [0.2, 0.25) is 0 Å². The second kappa shape index (κ2) is 9.11. The van der Waals surface area contributed by atoms with Crippen molar-refractivity contribution in [3.05, 3.63) is 53.2 Å². The Bertz CT molecular complexity index is 1340. The van der Waals surface area contributed by atoms with Crippen molar-refractivity contribution in [2.75, 3.05) is 29.6 Å². The minimum absolute atomic E-state index is 0.0190. The van der Waals surface area contributed by atoms with Crippen molar-refractivity contribution in [2.45, 2.75) is 13.0 Å². The van der Waals surface area contributed by atoms with Crippen molar-refractivity contribution in [1.82, 2.24) is 20.3 Å². The summed E-state index contributed by atoms with van der Waals surface area (Å²) in [5, 5.41) is 15.3. The highest BCUT2D eigenvalue weighted by Gasteiger charge is 2.22. The molecule has 1 amide bonds. The van der Waals surface area contributed by atoms with Crippen LogP contribution in [0.5, 0.6) is 0 Å². The van der Waals surface area contributed by atoms with Crippen molar-refractivity contribution in [3.8, 4) is 6.07 Å². The molecule has 166 valence electrons. The molecule has 1 atom stereocenters. The van der Waals surface area contributed by atoms with Crippen molar-refractivity contribution in [2.24, 2.45) is 0 Å². The lowest BCUT2D eigenvalue weighted by atomic mass is 10.0. The summed E-state index contributed by atoms with van der Waals surface area (Å²) in [4.78, 5) is 25.0. The first-order valence-electron chi connectivity index (χ1n) is 9.43. The van der Waals surface area contributed by atoms with E-state index >= 15 is 0 Å². The number of nitrogen functional groups attached to an aromatic ring is 1.